The van der Waals surface area contributed by atoms with Crippen LogP contribution in [0.4, 0.5) is 0 Å². The van der Waals surface area contributed by atoms with E-state index in [1.54, 1.807) is 18.2 Å². The van der Waals surface area contributed by atoms with Crippen LogP contribution in [0.25, 0.3) is 17.2 Å². The molecule has 0 atom stereocenters. The molecule has 0 amide bonds. The summed E-state index contributed by atoms with van der Waals surface area (Å²) in [4.78, 5) is 11.5. The number of carboxylic acid groups (broad SMARTS) is 1. The number of hydrogen-bond donors (Lipinski definition) is 1. The number of carbonyl (C=O) groups is 1. The van der Waals surface area contributed by atoms with Crippen LogP contribution in [0.1, 0.15) is 15.9 Å². The molecule has 0 aromatic heterocycles. The van der Waals surface area contributed by atoms with Crippen LogP contribution in [-0.4, -0.2) is 11.1 Å². The van der Waals surface area contributed by atoms with Crippen LogP contribution in [-0.2, 0) is 0 Å². The largest absolute Gasteiger partial charge is 0.478 e. The monoisotopic (exact) mass is 249 g/mol. The topological polar surface area (TPSA) is 61.1 Å². The van der Waals surface area contributed by atoms with Crippen LogP contribution < -0.4 is 0 Å². The lowest BCUT2D eigenvalue weighted by Gasteiger charge is -2.09. The second-order valence-electron chi connectivity index (χ2n) is 3.90. The van der Waals surface area contributed by atoms with Crippen molar-refractivity contribution in [1.29, 1.82) is 5.26 Å². The van der Waals surface area contributed by atoms with Crippen molar-refractivity contribution in [2.75, 3.05) is 0 Å². The third-order valence-electron chi connectivity index (χ3n) is 2.73. The van der Waals surface area contributed by atoms with E-state index in [2.05, 4.69) is 0 Å². The Morgan fingerprint density at radius 1 is 1.11 bits per heavy atom. The Labute approximate surface area is 111 Å². The molecule has 0 aliphatic heterocycles. The Balaban J connectivity index is 2.66. The maximum Gasteiger partial charge on any atom is 0.336 e. The molecule has 0 saturated heterocycles. The average Bonchev–Trinajstić information content (AvgIpc) is 2.45. The van der Waals surface area contributed by atoms with Gasteiger partial charge in [-0.1, -0.05) is 48.5 Å². The van der Waals surface area contributed by atoms with Crippen LogP contribution in [0, 0.1) is 11.3 Å². The summed E-state index contributed by atoms with van der Waals surface area (Å²) in [5.74, 6) is -1.00. The molecule has 1 N–H and O–H groups in total. The Bertz CT molecular complexity index is 667. The number of nitriles is 1. The van der Waals surface area contributed by atoms with Gasteiger partial charge in [-0.2, -0.15) is 5.26 Å². The van der Waals surface area contributed by atoms with Crippen molar-refractivity contribution >= 4 is 12.0 Å². The third kappa shape index (κ3) is 2.70. The molecule has 0 radical (unpaired) electrons. The van der Waals surface area contributed by atoms with E-state index >= 15 is 0 Å². The molecule has 0 heterocycles. The first-order valence-corrected chi connectivity index (χ1v) is 5.72. The maximum atomic E-state index is 11.5. The Morgan fingerprint density at radius 3 is 2.47 bits per heavy atom. The highest BCUT2D eigenvalue weighted by molar-refractivity contribution is 5.99. The molecule has 2 aromatic carbocycles. The van der Waals surface area contributed by atoms with Gasteiger partial charge in [0.15, 0.2) is 0 Å². The second-order valence-corrected chi connectivity index (χ2v) is 3.90. The Kier molecular flexibility index (Phi) is 3.75. The van der Waals surface area contributed by atoms with Crippen molar-refractivity contribution in [1.82, 2.24) is 0 Å². The molecule has 0 fully saturated rings. The summed E-state index contributed by atoms with van der Waals surface area (Å²) in [6.45, 7) is 0. The van der Waals surface area contributed by atoms with Gasteiger partial charge in [0.25, 0.3) is 0 Å². The summed E-state index contributed by atoms with van der Waals surface area (Å²) in [5.41, 5.74) is 2.22. The first-order chi connectivity index (χ1) is 9.24. The number of carboxylic acids is 1. The molecular weight excluding hydrogens is 238 g/mol. The lowest BCUT2D eigenvalue weighted by atomic mass is 9.95. The lowest BCUT2D eigenvalue weighted by molar-refractivity contribution is 0.0697. The summed E-state index contributed by atoms with van der Waals surface area (Å²) < 4.78 is 0. The molecule has 19 heavy (non-hydrogen) atoms. The number of hydrogen-bond acceptors (Lipinski definition) is 2. The first kappa shape index (κ1) is 12.6. The zero-order valence-corrected chi connectivity index (χ0v) is 10.1. The predicted octanol–water partition coefficient (Wildman–Crippen LogP) is 3.59. The molecule has 0 spiro atoms. The van der Waals surface area contributed by atoms with Gasteiger partial charge in [-0.3, -0.25) is 0 Å². The molecule has 0 aliphatic rings. The molecule has 92 valence electrons. The Morgan fingerprint density at radius 2 is 1.84 bits per heavy atom. The van der Waals surface area contributed by atoms with Crippen LogP contribution in [0.5, 0.6) is 0 Å². The molecule has 3 nitrogen and oxygen atoms in total. The molecule has 0 saturated carbocycles. The van der Waals surface area contributed by atoms with Gasteiger partial charge in [0.1, 0.15) is 0 Å². The molecule has 0 unspecified atom stereocenters. The smallest absolute Gasteiger partial charge is 0.336 e. The summed E-state index contributed by atoms with van der Waals surface area (Å²) >= 11 is 0. The standard InChI is InChI=1S/C16H11NO2/c17-11-5-9-13-8-4-10-14(15(13)16(18)19)12-6-2-1-3-7-12/h1-10H,(H,18,19). The fraction of sp³-hybridized carbons (Fsp3) is 0. The quantitative estimate of drug-likeness (QED) is 0.845. The fourth-order valence-electron chi connectivity index (χ4n) is 1.93. The van der Waals surface area contributed by atoms with Crippen molar-refractivity contribution in [3.63, 3.8) is 0 Å². The molecule has 2 aromatic rings. The number of aromatic carboxylic acids is 1. The maximum absolute atomic E-state index is 11.5. The van der Waals surface area contributed by atoms with E-state index in [0.717, 1.165) is 5.56 Å². The Hall–Kier alpha value is -2.86. The molecule has 0 aliphatic carbocycles. The minimum Gasteiger partial charge on any atom is -0.478 e. The van der Waals surface area contributed by atoms with Crippen molar-refractivity contribution in [3.05, 3.63) is 65.7 Å². The minimum absolute atomic E-state index is 0.209. The molecular formula is C16H11NO2. The van der Waals surface area contributed by atoms with E-state index in [1.807, 2.05) is 36.4 Å². The van der Waals surface area contributed by atoms with Gasteiger partial charge in [-0.25, -0.2) is 4.79 Å². The van der Waals surface area contributed by atoms with E-state index in [0.29, 0.717) is 11.1 Å². The van der Waals surface area contributed by atoms with Gasteiger partial charge in [0.2, 0.25) is 0 Å². The summed E-state index contributed by atoms with van der Waals surface area (Å²) in [7, 11) is 0. The van der Waals surface area contributed by atoms with Gasteiger partial charge in [0, 0.05) is 6.08 Å². The van der Waals surface area contributed by atoms with Gasteiger partial charge in [0.05, 0.1) is 11.6 Å². The van der Waals surface area contributed by atoms with Crippen molar-refractivity contribution in [3.8, 4) is 17.2 Å². The number of allylic oxidation sites excluding steroid dienone is 1. The van der Waals surface area contributed by atoms with Gasteiger partial charge >= 0.3 is 5.97 Å². The van der Waals surface area contributed by atoms with E-state index in [-0.39, 0.29) is 5.56 Å². The molecule has 0 bridgehead atoms. The highest BCUT2D eigenvalue weighted by Gasteiger charge is 2.14. The van der Waals surface area contributed by atoms with Gasteiger partial charge in [-0.15, -0.1) is 0 Å². The van der Waals surface area contributed by atoms with E-state index < -0.39 is 5.97 Å². The van der Waals surface area contributed by atoms with Crippen LogP contribution in [0.2, 0.25) is 0 Å². The zero-order valence-electron chi connectivity index (χ0n) is 10.1. The third-order valence-corrected chi connectivity index (χ3v) is 2.73. The van der Waals surface area contributed by atoms with Crippen molar-refractivity contribution in [2.45, 2.75) is 0 Å². The van der Waals surface area contributed by atoms with Crippen molar-refractivity contribution < 1.29 is 9.90 Å². The predicted molar refractivity (Wildman–Crippen MR) is 73.5 cm³/mol. The minimum atomic E-state index is -1.00. The van der Waals surface area contributed by atoms with E-state index in [9.17, 15) is 9.90 Å². The summed E-state index contributed by atoms with van der Waals surface area (Å²) in [6.07, 6.45) is 2.78. The van der Waals surface area contributed by atoms with E-state index in [1.165, 1.54) is 12.2 Å². The van der Waals surface area contributed by atoms with E-state index in [4.69, 9.17) is 5.26 Å². The normalized spacial score (nSPS) is 10.3. The van der Waals surface area contributed by atoms with Crippen LogP contribution in [0.15, 0.2) is 54.6 Å². The SMILES string of the molecule is N#CC=Cc1cccc(-c2ccccc2)c1C(=O)O. The van der Waals surface area contributed by atoms with Crippen molar-refractivity contribution in [2.24, 2.45) is 0 Å². The summed E-state index contributed by atoms with van der Waals surface area (Å²) in [5, 5.41) is 17.9. The number of benzene rings is 2. The van der Waals surface area contributed by atoms with Gasteiger partial charge in [-0.05, 0) is 22.8 Å². The van der Waals surface area contributed by atoms with Crippen LogP contribution in [0.3, 0.4) is 0 Å². The number of rotatable bonds is 3. The fourth-order valence-corrected chi connectivity index (χ4v) is 1.93. The zero-order chi connectivity index (χ0) is 13.7. The lowest BCUT2D eigenvalue weighted by Crippen LogP contribution is -2.02. The second kappa shape index (κ2) is 5.65. The number of nitrogens with zero attached hydrogens (tertiary/aromatic N) is 1. The first-order valence-electron chi connectivity index (χ1n) is 5.72. The van der Waals surface area contributed by atoms with Crippen LogP contribution >= 0.6 is 0 Å². The summed E-state index contributed by atoms with van der Waals surface area (Å²) in [6, 6.07) is 16.4. The molecule has 2 rings (SSSR count). The molecule has 3 heteroatoms. The highest BCUT2D eigenvalue weighted by Crippen LogP contribution is 2.27. The average molecular weight is 249 g/mol. The highest BCUT2D eigenvalue weighted by atomic mass is 16.4. The van der Waals surface area contributed by atoms with Gasteiger partial charge < -0.3 is 5.11 Å².